The summed E-state index contributed by atoms with van der Waals surface area (Å²) in [4.78, 5) is 4.10. The molecule has 0 atom stereocenters. The number of anilines is 2. The van der Waals surface area contributed by atoms with Gasteiger partial charge in [-0.3, -0.25) is 0 Å². The highest BCUT2D eigenvalue weighted by Gasteiger charge is 2.30. The molecule has 0 bridgehead atoms. The number of nitrogens with zero attached hydrogens (tertiary/aromatic N) is 1. The summed E-state index contributed by atoms with van der Waals surface area (Å²) >= 11 is 2.01. The average molecular weight is 251 g/mol. The molecule has 0 amide bonds. The van der Waals surface area contributed by atoms with Gasteiger partial charge in [-0.2, -0.15) is 11.8 Å². The van der Waals surface area contributed by atoms with Gasteiger partial charge in [0.1, 0.15) is 5.82 Å². The molecule has 2 rings (SSSR count). The zero-order chi connectivity index (χ0) is 12.1. The van der Waals surface area contributed by atoms with Crippen molar-refractivity contribution in [1.29, 1.82) is 0 Å². The Kier molecular flexibility index (Phi) is 4.15. The third-order valence-corrected chi connectivity index (χ3v) is 5.02. The first-order valence-corrected chi connectivity index (χ1v) is 7.47. The van der Waals surface area contributed by atoms with Crippen molar-refractivity contribution < 1.29 is 0 Å². The van der Waals surface area contributed by atoms with Gasteiger partial charge in [-0.25, -0.2) is 4.98 Å². The van der Waals surface area contributed by atoms with Gasteiger partial charge in [0.25, 0.3) is 0 Å². The molecule has 3 nitrogen and oxygen atoms in total. The van der Waals surface area contributed by atoms with Crippen LogP contribution in [0, 0.1) is 0 Å². The maximum atomic E-state index is 5.57. The Balaban J connectivity index is 1.93. The lowest BCUT2D eigenvalue weighted by Crippen LogP contribution is -2.35. The number of nitrogens with two attached hydrogens (primary N) is 1. The summed E-state index contributed by atoms with van der Waals surface area (Å²) in [5.41, 5.74) is 6.64. The van der Waals surface area contributed by atoms with Gasteiger partial charge in [-0.1, -0.05) is 19.3 Å². The van der Waals surface area contributed by atoms with Gasteiger partial charge in [-0.15, -0.1) is 0 Å². The number of nitrogens with one attached hydrogen (secondary N) is 1. The van der Waals surface area contributed by atoms with E-state index in [1.54, 1.807) is 0 Å². The molecule has 0 saturated heterocycles. The van der Waals surface area contributed by atoms with Gasteiger partial charge in [0, 0.05) is 11.3 Å². The number of thioether (sulfide) groups is 1. The number of hydrogen-bond donors (Lipinski definition) is 2. The van der Waals surface area contributed by atoms with E-state index >= 15 is 0 Å². The monoisotopic (exact) mass is 251 g/mol. The highest BCUT2D eigenvalue weighted by molar-refractivity contribution is 8.00. The average Bonchev–Trinajstić information content (AvgIpc) is 2.39. The summed E-state index contributed by atoms with van der Waals surface area (Å²) in [7, 11) is 0. The molecule has 1 aliphatic rings. The topological polar surface area (TPSA) is 50.9 Å². The summed E-state index contributed by atoms with van der Waals surface area (Å²) < 4.78 is 0.416. The molecule has 1 aromatic rings. The van der Waals surface area contributed by atoms with Gasteiger partial charge >= 0.3 is 0 Å². The van der Waals surface area contributed by atoms with Crippen molar-refractivity contribution in [2.45, 2.75) is 36.9 Å². The van der Waals surface area contributed by atoms with Gasteiger partial charge in [-0.05, 0) is 31.2 Å². The lowest BCUT2D eigenvalue weighted by molar-refractivity contribution is 0.411. The Labute approximate surface area is 108 Å². The molecule has 1 saturated carbocycles. The maximum Gasteiger partial charge on any atom is 0.123 e. The quantitative estimate of drug-likeness (QED) is 0.863. The highest BCUT2D eigenvalue weighted by atomic mass is 32.2. The van der Waals surface area contributed by atoms with Crippen LogP contribution < -0.4 is 11.1 Å². The molecule has 0 aromatic carbocycles. The summed E-state index contributed by atoms with van der Waals surface area (Å²) in [5.74, 6) is 0.577. The first-order chi connectivity index (χ1) is 8.24. The van der Waals surface area contributed by atoms with E-state index in [2.05, 4.69) is 16.6 Å². The number of rotatable bonds is 4. The van der Waals surface area contributed by atoms with Crippen LogP contribution in [0.3, 0.4) is 0 Å². The van der Waals surface area contributed by atoms with Crippen molar-refractivity contribution in [3.8, 4) is 0 Å². The van der Waals surface area contributed by atoms with Crippen LogP contribution in [0.4, 0.5) is 11.5 Å². The first kappa shape index (κ1) is 12.6. The van der Waals surface area contributed by atoms with Crippen molar-refractivity contribution in [1.82, 2.24) is 4.98 Å². The van der Waals surface area contributed by atoms with E-state index in [0.29, 0.717) is 10.6 Å². The normalized spacial score (nSPS) is 18.9. The SMILES string of the molecule is CSC1(CNc2ccc(N)nc2)CCCCC1. The molecule has 17 heavy (non-hydrogen) atoms. The lowest BCUT2D eigenvalue weighted by Gasteiger charge is -2.36. The molecule has 4 heteroatoms. The fourth-order valence-electron chi connectivity index (χ4n) is 2.42. The van der Waals surface area contributed by atoms with Crippen LogP contribution in [0.1, 0.15) is 32.1 Å². The van der Waals surface area contributed by atoms with E-state index in [-0.39, 0.29) is 0 Å². The van der Waals surface area contributed by atoms with Crippen molar-refractivity contribution in [2.24, 2.45) is 0 Å². The fraction of sp³-hybridized carbons (Fsp3) is 0.615. The van der Waals surface area contributed by atoms with Crippen molar-refractivity contribution >= 4 is 23.3 Å². The van der Waals surface area contributed by atoms with Crippen LogP contribution in [0.15, 0.2) is 18.3 Å². The second-order valence-corrected chi connectivity index (χ2v) is 6.05. The summed E-state index contributed by atoms with van der Waals surface area (Å²) in [6, 6.07) is 3.84. The lowest BCUT2D eigenvalue weighted by atomic mass is 9.88. The minimum atomic E-state index is 0.416. The Morgan fingerprint density at radius 2 is 2.12 bits per heavy atom. The first-order valence-electron chi connectivity index (χ1n) is 6.25. The second kappa shape index (κ2) is 5.63. The van der Waals surface area contributed by atoms with E-state index in [1.165, 1.54) is 32.1 Å². The summed E-state index contributed by atoms with van der Waals surface area (Å²) in [6.45, 7) is 1.03. The van der Waals surface area contributed by atoms with Crippen molar-refractivity contribution in [3.05, 3.63) is 18.3 Å². The Hall–Kier alpha value is -0.900. The predicted molar refractivity (Wildman–Crippen MR) is 76.5 cm³/mol. The summed E-state index contributed by atoms with van der Waals surface area (Å²) in [5, 5.41) is 3.49. The molecule has 0 spiro atoms. The van der Waals surface area contributed by atoms with Gasteiger partial charge < -0.3 is 11.1 Å². The zero-order valence-corrected chi connectivity index (χ0v) is 11.2. The van der Waals surface area contributed by atoms with Gasteiger partial charge in [0.05, 0.1) is 11.9 Å². The van der Waals surface area contributed by atoms with Crippen LogP contribution in [-0.2, 0) is 0 Å². The molecule has 1 aliphatic carbocycles. The highest BCUT2D eigenvalue weighted by Crippen LogP contribution is 2.38. The molecule has 94 valence electrons. The molecule has 3 N–H and O–H groups in total. The number of nitrogen functional groups attached to an aromatic ring is 1. The predicted octanol–water partition coefficient (Wildman–Crippen LogP) is 3.14. The van der Waals surface area contributed by atoms with Gasteiger partial charge in [0.2, 0.25) is 0 Å². The van der Waals surface area contributed by atoms with E-state index in [1.807, 2.05) is 30.1 Å². The molecule has 1 fully saturated rings. The molecule has 0 aliphatic heterocycles. The van der Waals surface area contributed by atoms with Crippen LogP contribution in [0.2, 0.25) is 0 Å². The van der Waals surface area contributed by atoms with Gasteiger partial charge in [0.15, 0.2) is 0 Å². The van der Waals surface area contributed by atoms with Crippen LogP contribution in [-0.4, -0.2) is 22.5 Å². The van der Waals surface area contributed by atoms with E-state index in [9.17, 15) is 0 Å². The number of aromatic nitrogens is 1. The molecule has 1 aromatic heterocycles. The molecule has 0 unspecified atom stereocenters. The Morgan fingerprint density at radius 3 is 2.71 bits per heavy atom. The molecule has 1 heterocycles. The summed E-state index contributed by atoms with van der Waals surface area (Å²) in [6.07, 6.45) is 10.8. The van der Waals surface area contributed by atoms with Crippen molar-refractivity contribution in [3.63, 3.8) is 0 Å². The molecular formula is C13H21N3S. The third-order valence-electron chi connectivity index (χ3n) is 3.60. The van der Waals surface area contributed by atoms with Crippen LogP contribution >= 0.6 is 11.8 Å². The maximum absolute atomic E-state index is 5.57. The van der Waals surface area contributed by atoms with Crippen LogP contribution in [0.25, 0.3) is 0 Å². The van der Waals surface area contributed by atoms with E-state index < -0.39 is 0 Å². The number of pyridine rings is 1. The third kappa shape index (κ3) is 3.28. The largest absolute Gasteiger partial charge is 0.384 e. The van der Waals surface area contributed by atoms with E-state index in [0.717, 1.165) is 12.2 Å². The molecule has 0 radical (unpaired) electrons. The minimum absolute atomic E-state index is 0.416. The van der Waals surface area contributed by atoms with E-state index in [4.69, 9.17) is 5.73 Å². The minimum Gasteiger partial charge on any atom is -0.384 e. The Morgan fingerprint density at radius 1 is 1.35 bits per heavy atom. The zero-order valence-electron chi connectivity index (χ0n) is 10.4. The fourth-order valence-corrected chi connectivity index (χ4v) is 3.34. The van der Waals surface area contributed by atoms with Crippen LogP contribution in [0.5, 0.6) is 0 Å². The number of hydrogen-bond acceptors (Lipinski definition) is 4. The van der Waals surface area contributed by atoms with Crippen molar-refractivity contribution in [2.75, 3.05) is 23.9 Å². The molecular weight excluding hydrogens is 230 g/mol. The Bertz CT molecular complexity index is 344. The standard InChI is InChI=1S/C13H21N3S/c1-17-13(7-3-2-4-8-13)10-16-11-5-6-12(14)15-9-11/h5-6,9,16H,2-4,7-8,10H2,1H3,(H2,14,15). The second-order valence-electron chi connectivity index (χ2n) is 4.77. The smallest absolute Gasteiger partial charge is 0.123 e.